The molecular formula is C5H8N2O4. The van der Waals surface area contributed by atoms with Crippen molar-refractivity contribution in [3.8, 4) is 0 Å². The van der Waals surface area contributed by atoms with Crippen LogP contribution >= 0.6 is 0 Å². The van der Waals surface area contributed by atoms with E-state index in [0.717, 1.165) is 6.21 Å². The fourth-order valence-electron chi connectivity index (χ4n) is 0.371. The molecule has 0 aliphatic carbocycles. The number of hydrogen-bond donors (Lipinski definition) is 1. The van der Waals surface area contributed by atoms with Crippen molar-refractivity contribution in [1.82, 2.24) is 0 Å². The van der Waals surface area contributed by atoms with Gasteiger partial charge in [0.15, 0.2) is 0 Å². The van der Waals surface area contributed by atoms with E-state index in [1.807, 2.05) is 0 Å². The van der Waals surface area contributed by atoms with Crippen molar-refractivity contribution in [3.63, 3.8) is 0 Å². The number of hydrogen-bond acceptors (Lipinski definition) is 6. The first-order valence-corrected chi connectivity index (χ1v) is 2.63. The molecule has 62 valence electrons. The quantitative estimate of drug-likeness (QED) is 0.264. The molecule has 0 saturated heterocycles. The van der Waals surface area contributed by atoms with Gasteiger partial charge in [-0.25, -0.2) is 4.79 Å². The smallest absolute Gasteiger partial charge is 0.361 e. The zero-order valence-electron chi connectivity index (χ0n) is 6.14. The van der Waals surface area contributed by atoms with Crippen LogP contribution in [-0.4, -0.2) is 37.3 Å². The zero-order valence-corrected chi connectivity index (χ0v) is 6.14. The third kappa shape index (κ3) is 3.19. The van der Waals surface area contributed by atoms with E-state index in [1.165, 1.54) is 14.2 Å². The largest absolute Gasteiger partial charge is 0.464 e. The van der Waals surface area contributed by atoms with Gasteiger partial charge in [0, 0.05) is 0 Å². The third-order valence-electron chi connectivity index (χ3n) is 0.764. The molecule has 0 aromatic rings. The van der Waals surface area contributed by atoms with Crippen molar-refractivity contribution >= 4 is 17.9 Å². The van der Waals surface area contributed by atoms with Crippen molar-refractivity contribution < 1.29 is 19.6 Å². The summed E-state index contributed by atoms with van der Waals surface area (Å²) in [7, 11) is 2.44. The van der Waals surface area contributed by atoms with E-state index in [-0.39, 0.29) is 5.71 Å². The summed E-state index contributed by atoms with van der Waals surface area (Å²) in [6.45, 7) is 0. The van der Waals surface area contributed by atoms with Crippen molar-refractivity contribution in [2.24, 2.45) is 10.3 Å². The van der Waals surface area contributed by atoms with Crippen LogP contribution in [0, 0.1) is 0 Å². The Morgan fingerprint density at radius 3 is 2.55 bits per heavy atom. The van der Waals surface area contributed by atoms with Gasteiger partial charge in [0.25, 0.3) is 0 Å². The maximum absolute atomic E-state index is 10.7. The molecule has 0 fully saturated rings. The van der Waals surface area contributed by atoms with Gasteiger partial charge in [-0.2, -0.15) is 0 Å². The number of methoxy groups -OCH3 is 1. The number of carbonyl (C=O) groups excluding carboxylic acids is 1. The summed E-state index contributed by atoms with van der Waals surface area (Å²) in [5.74, 6) is -0.732. The second-order valence-corrected chi connectivity index (χ2v) is 1.40. The van der Waals surface area contributed by atoms with Crippen LogP contribution in [0.3, 0.4) is 0 Å². The van der Waals surface area contributed by atoms with E-state index in [2.05, 4.69) is 19.9 Å². The molecule has 6 heteroatoms. The number of oxime groups is 2. The van der Waals surface area contributed by atoms with Gasteiger partial charge >= 0.3 is 5.97 Å². The Morgan fingerprint density at radius 1 is 1.55 bits per heavy atom. The molecule has 0 aromatic heterocycles. The Kier molecular flexibility index (Phi) is 4.46. The molecular weight excluding hydrogens is 152 g/mol. The van der Waals surface area contributed by atoms with Crippen LogP contribution in [0.15, 0.2) is 10.3 Å². The molecule has 0 spiro atoms. The Labute approximate surface area is 63.1 Å². The summed E-state index contributed by atoms with van der Waals surface area (Å²) in [4.78, 5) is 14.9. The van der Waals surface area contributed by atoms with Crippen molar-refractivity contribution in [3.05, 3.63) is 0 Å². The molecule has 0 aromatic carbocycles. The summed E-state index contributed by atoms with van der Waals surface area (Å²) in [5.41, 5.74) is -0.211. The first-order valence-electron chi connectivity index (χ1n) is 2.63. The lowest BCUT2D eigenvalue weighted by atomic mass is 10.4. The van der Waals surface area contributed by atoms with E-state index in [0.29, 0.717) is 0 Å². The van der Waals surface area contributed by atoms with Gasteiger partial charge in [-0.3, -0.25) is 0 Å². The number of nitrogens with zero attached hydrogens (tertiary/aromatic N) is 2. The molecule has 0 aliphatic heterocycles. The highest BCUT2D eigenvalue weighted by atomic mass is 16.6. The maximum atomic E-state index is 10.7. The Bertz CT molecular complexity index is 187. The van der Waals surface area contributed by atoms with Gasteiger partial charge in [0.2, 0.25) is 5.71 Å². The van der Waals surface area contributed by atoms with Crippen LogP contribution in [0.5, 0.6) is 0 Å². The summed E-state index contributed by atoms with van der Waals surface area (Å²) >= 11 is 0. The van der Waals surface area contributed by atoms with E-state index >= 15 is 0 Å². The topological polar surface area (TPSA) is 80.5 Å². The molecule has 0 bridgehead atoms. The van der Waals surface area contributed by atoms with Crippen LogP contribution < -0.4 is 0 Å². The van der Waals surface area contributed by atoms with E-state index in [9.17, 15) is 4.79 Å². The molecule has 1 N–H and O–H groups in total. The van der Waals surface area contributed by atoms with Gasteiger partial charge in [-0.1, -0.05) is 10.3 Å². The van der Waals surface area contributed by atoms with E-state index < -0.39 is 5.97 Å². The van der Waals surface area contributed by atoms with Crippen LogP contribution in [0.4, 0.5) is 0 Å². The molecule has 0 rings (SSSR count). The number of carbonyl (C=O) groups is 1. The Hall–Kier alpha value is -1.59. The van der Waals surface area contributed by atoms with Gasteiger partial charge in [0.05, 0.1) is 7.11 Å². The van der Waals surface area contributed by atoms with Gasteiger partial charge in [0.1, 0.15) is 13.3 Å². The molecule has 0 amide bonds. The predicted octanol–water partition coefficient (Wildman–Crippen LogP) is -0.378. The highest BCUT2D eigenvalue weighted by Gasteiger charge is 2.09. The van der Waals surface area contributed by atoms with E-state index in [1.54, 1.807) is 0 Å². The number of ether oxygens (including phenoxy) is 1. The maximum Gasteiger partial charge on any atom is 0.361 e. The summed E-state index contributed by atoms with van der Waals surface area (Å²) in [6.07, 6.45) is 0.815. The first-order chi connectivity index (χ1) is 5.26. The van der Waals surface area contributed by atoms with Crippen LogP contribution in [0.2, 0.25) is 0 Å². The minimum Gasteiger partial charge on any atom is -0.464 e. The first kappa shape index (κ1) is 9.41. The lowest BCUT2D eigenvalue weighted by Gasteiger charge is -1.94. The molecule has 0 aliphatic rings. The van der Waals surface area contributed by atoms with Crippen LogP contribution in [0.1, 0.15) is 0 Å². The molecule has 0 heterocycles. The van der Waals surface area contributed by atoms with Gasteiger partial charge < -0.3 is 14.8 Å². The molecule has 6 nitrogen and oxygen atoms in total. The predicted molar refractivity (Wildman–Crippen MR) is 36.7 cm³/mol. The monoisotopic (exact) mass is 160 g/mol. The van der Waals surface area contributed by atoms with Gasteiger partial charge in [-0.05, 0) is 0 Å². The zero-order chi connectivity index (χ0) is 8.69. The number of rotatable bonds is 3. The van der Waals surface area contributed by atoms with Crippen molar-refractivity contribution in [2.75, 3.05) is 14.2 Å². The van der Waals surface area contributed by atoms with Crippen LogP contribution in [0.25, 0.3) is 0 Å². The van der Waals surface area contributed by atoms with Crippen molar-refractivity contribution in [2.45, 2.75) is 0 Å². The van der Waals surface area contributed by atoms with Crippen molar-refractivity contribution in [1.29, 1.82) is 0 Å². The minimum absolute atomic E-state index is 0.211. The molecule has 0 atom stereocenters. The molecule has 0 saturated carbocycles. The molecule has 0 radical (unpaired) electrons. The highest BCUT2D eigenvalue weighted by molar-refractivity contribution is 6.59. The average Bonchev–Trinajstić information content (AvgIpc) is 2.03. The standard InChI is InChI=1S/C5H8N2O4/c1-10-5(8)4(3-6-9)7-11-2/h3,9H,1-2H3. The lowest BCUT2D eigenvalue weighted by Crippen LogP contribution is -2.17. The third-order valence-corrected chi connectivity index (χ3v) is 0.764. The summed E-state index contributed by atoms with van der Waals surface area (Å²) < 4.78 is 4.27. The second kappa shape index (κ2) is 5.21. The Morgan fingerprint density at radius 2 is 2.18 bits per heavy atom. The number of esters is 1. The molecule has 11 heavy (non-hydrogen) atoms. The summed E-state index contributed by atoms with van der Waals surface area (Å²) in [5, 5.41) is 13.8. The second-order valence-electron chi connectivity index (χ2n) is 1.40. The normalized spacial score (nSPS) is 11.6. The minimum atomic E-state index is -0.732. The SMILES string of the molecule is CON=C(C=NO)C(=O)OC. The fraction of sp³-hybridized carbons (Fsp3) is 0.400. The highest BCUT2D eigenvalue weighted by Crippen LogP contribution is 1.81. The van der Waals surface area contributed by atoms with Gasteiger partial charge in [-0.15, -0.1) is 0 Å². The average molecular weight is 160 g/mol. The summed E-state index contributed by atoms with van der Waals surface area (Å²) in [6, 6.07) is 0. The molecule has 0 unspecified atom stereocenters. The Balaban J connectivity index is 4.34. The lowest BCUT2D eigenvalue weighted by molar-refractivity contribution is -0.132. The van der Waals surface area contributed by atoms with Crippen LogP contribution in [-0.2, 0) is 14.4 Å². The van der Waals surface area contributed by atoms with E-state index in [4.69, 9.17) is 5.21 Å². The fourth-order valence-corrected chi connectivity index (χ4v) is 0.371.